The van der Waals surface area contributed by atoms with Crippen molar-refractivity contribution in [2.24, 2.45) is 0 Å². The molecule has 2 N–H and O–H groups in total. The molecule has 0 aliphatic carbocycles. The Kier molecular flexibility index (Phi) is 3.22. The van der Waals surface area contributed by atoms with Gasteiger partial charge in [0.05, 0.1) is 17.1 Å². The Labute approximate surface area is 118 Å². The number of halogens is 1. The third-order valence-corrected chi connectivity index (χ3v) is 3.84. The predicted octanol–water partition coefficient (Wildman–Crippen LogP) is 2.86. The molecule has 3 nitrogen and oxygen atoms in total. The second kappa shape index (κ2) is 5.04. The van der Waals surface area contributed by atoms with E-state index in [1.165, 1.54) is 17.4 Å². The lowest BCUT2D eigenvalue weighted by Gasteiger charge is -2.37. The first-order chi connectivity index (χ1) is 9.66. The van der Waals surface area contributed by atoms with Gasteiger partial charge in [0.1, 0.15) is 5.82 Å². The zero-order valence-electron chi connectivity index (χ0n) is 11.5. The zero-order valence-corrected chi connectivity index (χ0v) is 11.5. The van der Waals surface area contributed by atoms with Crippen LogP contribution in [0.5, 0.6) is 0 Å². The lowest BCUT2D eigenvalue weighted by Crippen LogP contribution is -2.38. The van der Waals surface area contributed by atoms with E-state index in [0.29, 0.717) is 6.54 Å². The van der Waals surface area contributed by atoms with Gasteiger partial charge in [0.25, 0.3) is 0 Å². The van der Waals surface area contributed by atoms with Crippen LogP contribution in [0.3, 0.4) is 0 Å². The third kappa shape index (κ3) is 2.18. The smallest absolute Gasteiger partial charge is 0.146 e. The van der Waals surface area contributed by atoms with Gasteiger partial charge in [-0.3, -0.25) is 0 Å². The molecule has 1 heterocycles. The number of rotatable bonds is 2. The van der Waals surface area contributed by atoms with Crippen LogP contribution >= 0.6 is 0 Å². The molecule has 0 saturated heterocycles. The van der Waals surface area contributed by atoms with Crippen molar-refractivity contribution in [2.45, 2.75) is 6.54 Å². The molecule has 0 bridgehead atoms. The van der Waals surface area contributed by atoms with Crippen molar-refractivity contribution in [1.29, 1.82) is 0 Å². The molecule has 0 radical (unpaired) electrons. The van der Waals surface area contributed by atoms with Crippen LogP contribution in [0.2, 0.25) is 0 Å². The van der Waals surface area contributed by atoms with Crippen LogP contribution in [0.25, 0.3) is 0 Å². The Morgan fingerprint density at radius 3 is 2.60 bits per heavy atom. The van der Waals surface area contributed by atoms with E-state index < -0.39 is 0 Å². The van der Waals surface area contributed by atoms with Crippen molar-refractivity contribution < 1.29 is 4.39 Å². The van der Waals surface area contributed by atoms with E-state index in [-0.39, 0.29) is 11.5 Å². The fourth-order valence-electron chi connectivity index (χ4n) is 2.66. The van der Waals surface area contributed by atoms with Crippen LogP contribution in [0.4, 0.5) is 21.5 Å². The molecule has 0 unspecified atom stereocenters. The van der Waals surface area contributed by atoms with Gasteiger partial charge in [0.15, 0.2) is 0 Å². The van der Waals surface area contributed by atoms with Crippen molar-refractivity contribution in [3.63, 3.8) is 0 Å². The van der Waals surface area contributed by atoms with Gasteiger partial charge >= 0.3 is 0 Å². The second-order valence-corrected chi connectivity index (χ2v) is 5.14. The van der Waals surface area contributed by atoms with E-state index in [0.717, 1.165) is 18.7 Å². The average molecular weight is 271 g/mol. The molecule has 0 amide bonds. The van der Waals surface area contributed by atoms with Crippen LogP contribution in [0.1, 0.15) is 5.56 Å². The Bertz CT molecular complexity index is 627. The van der Waals surface area contributed by atoms with Crippen molar-refractivity contribution in [2.75, 3.05) is 35.7 Å². The maximum atomic E-state index is 13.5. The molecule has 0 spiro atoms. The van der Waals surface area contributed by atoms with E-state index >= 15 is 0 Å². The molecular weight excluding hydrogens is 253 g/mol. The lowest BCUT2D eigenvalue weighted by molar-refractivity contribution is 0.629. The van der Waals surface area contributed by atoms with Gasteiger partial charge in [-0.15, -0.1) is 0 Å². The van der Waals surface area contributed by atoms with Gasteiger partial charge in [-0.2, -0.15) is 0 Å². The largest absolute Gasteiger partial charge is 0.396 e. The van der Waals surface area contributed by atoms with E-state index in [2.05, 4.69) is 29.0 Å². The van der Waals surface area contributed by atoms with Crippen LogP contribution in [-0.4, -0.2) is 20.1 Å². The Balaban J connectivity index is 1.93. The Morgan fingerprint density at radius 2 is 1.80 bits per heavy atom. The van der Waals surface area contributed by atoms with Gasteiger partial charge in [-0.25, -0.2) is 4.39 Å². The topological polar surface area (TPSA) is 32.5 Å². The normalized spacial score (nSPS) is 14.3. The highest BCUT2D eigenvalue weighted by atomic mass is 19.1. The number of nitrogen functional groups attached to an aromatic ring is 1. The second-order valence-electron chi connectivity index (χ2n) is 5.14. The summed E-state index contributed by atoms with van der Waals surface area (Å²) < 4.78 is 13.5. The fourth-order valence-corrected chi connectivity index (χ4v) is 2.66. The standard InChI is InChI=1S/C16H18FN3/c1-19-9-10-20(15-8-3-2-7-14(15)19)11-12-5-4-6-13(17)16(12)18/h2-8H,9-11,18H2,1H3. The molecule has 104 valence electrons. The molecule has 0 aromatic heterocycles. The van der Waals surface area contributed by atoms with Crippen LogP contribution in [0, 0.1) is 5.82 Å². The summed E-state index contributed by atoms with van der Waals surface area (Å²) in [5.41, 5.74) is 9.30. The molecule has 0 saturated carbocycles. The highest BCUT2D eigenvalue weighted by molar-refractivity contribution is 5.73. The molecular formula is C16H18FN3. The maximum Gasteiger partial charge on any atom is 0.146 e. The van der Waals surface area contributed by atoms with Crippen LogP contribution < -0.4 is 15.5 Å². The molecule has 1 aliphatic heterocycles. The number of benzene rings is 2. The highest BCUT2D eigenvalue weighted by Gasteiger charge is 2.20. The van der Waals surface area contributed by atoms with Crippen LogP contribution in [0.15, 0.2) is 42.5 Å². The number of hydrogen-bond donors (Lipinski definition) is 1. The number of nitrogens with zero attached hydrogens (tertiary/aromatic N) is 2. The van der Waals surface area contributed by atoms with E-state index in [1.807, 2.05) is 18.2 Å². The maximum absolute atomic E-state index is 13.5. The summed E-state index contributed by atoms with van der Waals surface area (Å²) in [6, 6.07) is 13.3. The van der Waals surface area contributed by atoms with E-state index in [9.17, 15) is 4.39 Å². The van der Waals surface area contributed by atoms with Gasteiger partial charge in [-0.05, 0) is 23.8 Å². The molecule has 0 atom stereocenters. The van der Waals surface area contributed by atoms with Crippen molar-refractivity contribution >= 4 is 17.1 Å². The minimum Gasteiger partial charge on any atom is -0.396 e. The first-order valence-electron chi connectivity index (χ1n) is 6.75. The monoisotopic (exact) mass is 271 g/mol. The molecule has 3 rings (SSSR count). The first-order valence-corrected chi connectivity index (χ1v) is 6.75. The SMILES string of the molecule is CN1CCN(Cc2cccc(F)c2N)c2ccccc21. The van der Waals surface area contributed by atoms with Crippen LogP contribution in [-0.2, 0) is 6.54 Å². The Hall–Kier alpha value is -2.23. The average Bonchev–Trinajstić information content (AvgIpc) is 2.47. The van der Waals surface area contributed by atoms with Gasteiger partial charge in [0.2, 0.25) is 0 Å². The first kappa shape index (κ1) is 12.8. The molecule has 2 aromatic rings. The number of likely N-dealkylation sites (N-methyl/N-ethyl adjacent to an activating group) is 1. The van der Waals surface area contributed by atoms with Crippen molar-refractivity contribution in [3.05, 3.63) is 53.8 Å². The van der Waals surface area contributed by atoms with E-state index in [1.54, 1.807) is 6.07 Å². The number of fused-ring (bicyclic) bond motifs is 1. The summed E-state index contributed by atoms with van der Waals surface area (Å²) >= 11 is 0. The molecule has 20 heavy (non-hydrogen) atoms. The van der Waals surface area contributed by atoms with E-state index in [4.69, 9.17) is 5.73 Å². The molecule has 4 heteroatoms. The quantitative estimate of drug-likeness (QED) is 0.852. The summed E-state index contributed by atoms with van der Waals surface area (Å²) in [5, 5.41) is 0. The number of para-hydroxylation sites is 3. The predicted molar refractivity (Wildman–Crippen MR) is 81.6 cm³/mol. The number of anilines is 3. The fraction of sp³-hybridized carbons (Fsp3) is 0.250. The summed E-state index contributed by atoms with van der Waals surface area (Å²) in [6.45, 7) is 2.49. The number of nitrogens with two attached hydrogens (primary N) is 1. The lowest BCUT2D eigenvalue weighted by atomic mass is 10.1. The van der Waals surface area contributed by atoms with Gasteiger partial charge < -0.3 is 15.5 Å². The molecule has 1 aliphatic rings. The summed E-state index contributed by atoms with van der Waals surface area (Å²) in [7, 11) is 2.09. The Morgan fingerprint density at radius 1 is 1.05 bits per heavy atom. The molecule has 2 aromatic carbocycles. The van der Waals surface area contributed by atoms with Crippen molar-refractivity contribution in [1.82, 2.24) is 0 Å². The third-order valence-electron chi connectivity index (χ3n) is 3.84. The van der Waals surface area contributed by atoms with Crippen molar-refractivity contribution in [3.8, 4) is 0 Å². The minimum atomic E-state index is -0.343. The summed E-state index contributed by atoms with van der Waals surface area (Å²) in [6.07, 6.45) is 0. The highest BCUT2D eigenvalue weighted by Crippen LogP contribution is 2.33. The summed E-state index contributed by atoms with van der Waals surface area (Å²) in [5.74, 6) is -0.343. The van der Waals surface area contributed by atoms with Gasteiger partial charge in [0, 0.05) is 26.7 Å². The number of hydrogen-bond acceptors (Lipinski definition) is 3. The van der Waals surface area contributed by atoms with Gasteiger partial charge in [-0.1, -0.05) is 24.3 Å². The zero-order chi connectivity index (χ0) is 14.1. The summed E-state index contributed by atoms with van der Waals surface area (Å²) in [4.78, 5) is 4.49. The molecule has 0 fully saturated rings. The minimum absolute atomic E-state index is 0.254.